The van der Waals surface area contributed by atoms with Crippen molar-refractivity contribution in [3.05, 3.63) is 90.1 Å². The fourth-order valence-electron chi connectivity index (χ4n) is 3.13. The number of hydrogen-bond donors (Lipinski definition) is 2. The second kappa shape index (κ2) is 7.52. The van der Waals surface area contributed by atoms with E-state index in [9.17, 15) is 9.18 Å². The van der Waals surface area contributed by atoms with Gasteiger partial charge in [0.05, 0.1) is 11.3 Å². The SMILES string of the molecule is CN(Cc1cccnc1)c1ccc(NC=C2C(=O)Nc3cc(F)ccc32)cc1. The zero-order valence-electron chi connectivity index (χ0n) is 15.3. The molecule has 28 heavy (non-hydrogen) atoms. The molecule has 1 amide bonds. The second-order valence-electron chi connectivity index (χ2n) is 6.61. The number of pyridine rings is 1. The van der Waals surface area contributed by atoms with Gasteiger partial charge in [-0.05, 0) is 54.1 Å². The third-order valence-electron chi connectivity index (χ3n) is 4.60. The Balaban J connectivity index is 1.45. The molecule has 0 aliphatic carbocycles. The molecule has 0 spiro atoms. The van der Waals surface area contributed by atoms with E-state index in [1.807, 2.05) is 49.6 Å². The van der Waals surface area contributed by atoms with Crippen molar-refractivity contribution in [2.75, 3.05) is 22.6 Å². The van der Waals surface area contributed by atoms with E-state index < -0.39 is 0 Å². The molecule has 1 aliphatic rings. The average molecular weight is 374 g/mol. The van der Waals surface area contributed by atoms with Crippen molar-refractivity contribution < 1.29 is 9.18 Å². The first kappa shape index (κ1) is 17.7. The lowest BCUT2D eigenvalue weighted by atomic mass is 10.1. The van der Waals surface area contributed by atoms with Crippen molar-refractivity contribution in [3.8, 4) is 0 Å². The molecule has 0 saturated carbocycles. The standard InChI is InChI=1S/C22H19FN4O/c1-27(14-15-3-2-10-24-12-15)18-7-5-17(6-8-18)25-13-20-19-9-4-16(23)11-21(19)26-22(20)28/h2-13,25H,14H2,1H3,(H,26,28). The highest BCUT2D eigenvalue weighted by molar-refractivity contribution is 6.31. The third kappa shape index (κ3) is 3.71. The highest BCUT2D eigenvalue weighted by atomic mass is 19.1. The first-order chi connectivity index (χ1) is 13.6. The lowest BCUT2D eigenvalue weighted by molar-refractivity contribution is -0.110. The van der Waals surface area contributed by atoms with Gasteiger partial charge in [-0.2, -0.15) is 0 Å². The molecular formula is C22H19FN4O. The number of amides is 1. The van der Waals surface area contributed by atoms with Gasteiger partial charge in [0, 0.05) is 49.1 Å². The number of halogens is 1. The van der Waals surface area contributed by atoms with Crippen molar-refractivity contribution in [2.24, 2.45) is 0 Å². The molecule has 3 aromatic rings. The minimum absolute atomic E-state index is 0.249. The fourth-order valence-corrected chi connectivity index (χ4v) is 3.13. The number of hydrogen-bond acceptors (Lipinski definition) is 4. The molecule has 2 heterocycles. The molecule has 0 atom stereocenters. The van der Waals surface area contributed by atoms with Gasteiger partial charge >= 0.3 is 0 Å². The first-order valence-electron chi connectivity index (χ1n) is 8.88. The summed E-state index contributed by atoms with van der Waals surface area (Å²) in [5, 5.41) is 5.82. The van der Waals surface area contributed by atoms with Crippen LogP contribution in [0.1, 0.15) is 11.1 Å². The first-order valence-corrected chi connectivity index (χ1v) is 8.88. The van der Waals surface area contributed by atoms with Gasteiger partial charge < -0.3 is 15.5 Å². The number of nitrogens with one attached hydrogen (secondary N) is 2. The van der Waals surface area contributed by atoms with Crippen LogP contribution in [0.25, 0.3) is 5.57 Å². The van der Waals surface area contributed by atoms with Gasteiger partial charge in [-0.25, -0.2) is 4.39 Å². The van der Waals surface area contributed by atoms with Crippen LogP contribution in [-0.2, 0) is 11.3 Å². The predicted molar refractivity (Wildman–Crippen MR) is 109 cm³/mol. The molecule has 2 N–H and O–H groups in total. The molecule has 0 unspecified atom stereocenters. The summed E-state index contributed by atoms with van der Waals surface area (Å²) in [4.78, 5) is 18.4. The maximum absolute atomic E-state index is 13.3. The normalized spacial score (nSPS) is 13.9. The average Bonchev–Trinajstić information content (AvgIpc) is 3.01. The number of benzene rings is 2. The molecular weight excluding hydrogens is 355 g/mol. The molecule has 0 fully saturated rings. The number of anilines is 3. The molecule has 1 aromatic heterocycles. The van der Waals surface area contributed by atoms with Crippen LogP contribution >= 0.6 is 0 Å². The van der Waals surface area contributed by atoms with Crippen LogP contribution in [0.15, 0.2) is 73.2 Å². The van der Waals surface area contributed by atoms with Crippen LogP contribution in [0.5, 0.6) is 0 Å². The van der Waals surface area contributed by atoms with E-state index in [1.165, 1.54) is 12.1 Å². The van der Waals surface area contributed by atoms with Crippen LogP contribution in [0.4, 0.5) is 21.5 Å². The summed E-state index contributed by atoms with van der Waals surface area (Å²) < 4.78 is 13.3. The van der Waals surface area contributed by atoms with E-state index in [2.05, 4.69) is 20.5 Å². The highest BCUT2D eigenvalue weighted by Gasteiger charge is 2.24. The van der Waals surface area contributed by atoms with Gasteiger partial charge in [-0.1, -0.05) is 6.07 Å². The Bertz CT molecular complexity index is 1030. The van der Waals surface area contributed by atoms with Crippen LogP contribution in [-0.4, -0.2) is 17.9 Å². The number of fused-ring (bicyclic) bond motifs is 1. The molecule has 6 heteroatoms. The van der Waals surface area contributed by atoms with Crippen molar-refractivity contribution in [1.82, 2.24) is 4.98 Å². The summed E-state index contributed by atoms with van der Waals surface area (Å²) in [5.41, 5.74) is 4.72. The summed E-state index contributed by atoms with van der Waals surface area (Å²) in [6, 6.07) is 16.2. The van der Waals surface area contributed by atoms with Crippen LogP contribution in [0.2, 0.25) is 0 Å². The zero-order valence-corrected chi connectivity index (χ0v) is 15.3. The summed E-state index contributed by atoms with van der Waals surface area (Å²) in [5.74, 6) is -0.625. The summed E-state index contributed by atoms with van der Waals surface area (Å²) in [7, 11) is 2.02. The number of nitrogens with zero attached hydrogens (tertiary/aromatic N) is 2. The Morgan fingerprint density at radius 1 is 1.18 bits per heavy atom. The summed E-state index contributed by atoms with van der Waals surface area (Å²) >= 11 is 0. The van der Waals surface area contributed by atoms with Gasteiger partial charge in [0.1, 0.15) is 5.82 Å². The Labute approximate surface area is 162 Å². The Morgan fingerprint density at radius 2 is 2.00 bits per heavy atom. The van der Waals surface area contributed by atoms with Gasteiger partial charge in [0.15, 0.2) is 0 Å². The van der Waals surface area contributed by atoms with Crippen LogP contribution < -0.4 is 15.5 Å². The number of aromatic nitrogens is 1. The largest absolute Gasteiger partial charge is 0.370 e. The quantitative estimate of drug-likeness (QED) is 0.655. The maximum atomic E-state index is 13.3. The van der Waals surface area contributed by atoms with Crippen molar-refractivity contribution in [2.45, 2.75) is 6.54 Å². The lowest BCUT2D eigenvalue weighted by Crippen LogP contribution is -2.16. The highest BCUT2D eigenvalue weighted by Crippen LogP contribution is 2.32. The van der Waals surface area contributed by atoms with E-state index in [1.54, 1.807) is 18.5 Å². The van der Waals surface area contributed by atoms with Gasteiger partial charge in [0.2, 0.25) is 0 Å². The molecule has 0 saturated heterocycles. The molecule has 5 nitrogen and oxygen atoms in total. The zero-order chi connectivity index (χ0) is 19.5. The van der Waals surface area contributed by atoms with E-state index in [4.69, 9.17) is 0 Å². The molecule has 1 aliphatic heterocycles. The van der Waals surface area contributed by atoms with E-state index >= 15 is 0 Å². The summed E-state index contributed by atoms with van der Waals surface area (Å²) in [6.45, 7) is 0.762. The minimum Gasteiger partial charge on any atom is -0.370 e. The van der Waals surface area contributed by atoms with Crippen molar-refractivity contribution in [3.63, 3.8) is 0 Å². The topological polar surface area (TPSA) is 57.3 Å². The number of carbonyl (C=O) groups is 1. The molecule has 0 bridgehead atoms. The Kier molecular flexibility index (Phi) is 4.76. The van der Waals surface area contributed by atoms with Crippen LogP contribution in [0.3, 0.4) is 0 Å². The Morgan fingerprint density at radius 3 is 2.75 bits per heavy atom. The van der Waals surface area contributed by atoms with Crippen LogP contribution in [0, 0.1) is 5.82 Å². The van der Waals surface area contributed by atoms with Crippen molar-refractivity contribution >= 4 is 28.5 Å². The monoisotopic (exact) mass is 374 g/mol. The fraction of sp³-hybridized carbons (Fsp3) is 0.0909. The molecule has 2 aromatic carbocycles. The van der Waals surface area contributed by atoms with Gasteiger partial charge in [-0.15, -0.1) is 0 Å². The smallest absolute Gasteiger partial charge is 0.257 e. The molecule has 0 radical (unpaired) electrons. The van der Waals surface area contributed by atoms with E-state index in [0.717, 1.165) is 23.5 Å². The van der Waals surface area contributed by atoms with Gasteiger partial charge in [0.25, 0.3) is 5.91 Å². The lowest BCUT2D eigenvalue weighted by Gasteiger charge is -2.19. The van der Waals surface area contributed by atoms with Crippen molar-refractivity contribution in [1.29, 1.82) is 0 Å². The summed E-state index contributed by atoms with van der Waals surface area (Å²) in [6.07, 6.45) is 5.26. The molecule has 4 rings (SSSR count). The van der Waals surface area contributed by atoms with E-state index in [-0.39, 0.29) is 11.7 Å². The Hall–Kier alpha value is -3.67. The number of rotatable bonds is 5. The molecule has 140 valence electrons. The van der Waals surface area contributed by atoms with E-state index in [0.29, 0.717) is 16.8 Å². The second-order valence-corrected chi connectivity index (χ2v) is 6.61. The number of carbonyl (C=O) groups excluding carboxylic acids is 1. The minimum atomic E-state index is -0.376. The predicted octanol–water partition coefficient (Wildman–Crippen LogP) is 4.26. The maximum Gasteiger partial charge on any atom is 0.257 e. The third-order valence-corrected chi connectivity index (χ3v) is 4.60. The van der Waals surface area contributed by atoms with Gasteiger partial charge in [-0.3, -0.25) is 9.78 Å².